The summed E-state index contributed by atoms with van der Waals surface area (Å²) in [5.41, 5.74) is 1.18. The Bertz CT molecular complexity index is 234. The Labute approximate surface area is 71.2 Å². The van der Waals surface area contributed by atoms with Crippen molar-refractivity contribution in [3.05, 3.63) is 18.0 Å². The predicted octanol–water partition coefficient (Wildman–Crippen LogP) is -0.0237. The highest BCUT2D eigenvalue weighted by Crippen LogP contribution is 2.11. The Kier molecular flexibility index (Phi) is 2.10. The third-order valence-electron chi connectivity index (χ3n) is 2.21. The molecule has 0 amide bonds. The highest BCUT2D eigenvalue weighted by Gasteiger charge is 2.19. The highest BCUT2D eigenvalue weighted by molar-refractivity contribution is 5.02. The SMILES string of the molecule is OC1CCN(Cc2cn[nH]c2)C1. The maximum atomic E-state index is 9.26. The lowest BCUT2D eigenvalue weighted by atomic mass is 10.3. The van der Waals surface area contributed by atoms with E-state index in [1.54, 1.807) is 0 Å². The Hall–Kier alpha value is -0.870. The topological polar surface area (TPSA) is 52.1 Å². The van der Waals surface area contributed by atoms with Crippen LogP contribution in [0.4, 0.5) is 0 Å². The van der Waals surface area contributed by atoms with Crippen molar-refractivity contribution in [2.24, 2.45) is 0 Å². The van der Waals surface area contributed by atoms with Crippen molar-refractivity contribution < 1.29 is 5.11 Å². The molecule has 1 atom stereocenters. The zero-order valence-electron chi connectivity index (χ0n) is 6.90. The molecule has 1 aliphatic heterocycles. The Balaban J connectivity index is 1.88. The maximum absolute atomic E-state index is 9.26. The largest absolute Gasteiger partial charge is 0.392 e. The first-order chi connectivity index (χ1) is 5.84. The van der Waals surface area contributed by atoms with E-state index in [0.717, 1.165) is 26.1 Å². The van der Waals surface area contributed by atoms with E-state index >= 15 is 0 Å². The number of H-pyrrole nitrogens is 1. The molecule has 2 rings (SSSR count). The monoisotopic (exact) mass is 167 g/mol. The van der Waals surface area contributed by atoms with Gasteiger partial charge in [0, 0.05) is 31.4 Å². The van der Waals surface area contributed by atoms with Crippen molar-refractivity contribution in [1.29, 1.82) is 0 Å². The van der Waals surface area contributed by atoms with Gasteiger partial charge in [0.2, 0.25) is 0 Å². The first kappa shape index (κ1) is 7.76. The van der Waals surface area contributed by atoms with E-state index in [-0.39, 0.29) is 6.10 Å². The van der Waals surface area contributed by atoms with Gasteiger partial charge in [0.25, 0.3) is 0 Å². The number of aliphatic hydroxyl groups excluding tert-OH is 1. The summed E-state index contributed by atoms with van der Waals surface area (Å²) in [4.78, 5) is 2.23. The molecule has 0 bridgehead atoms. The van der Waals surface area contributed by atoms with Gasteiger partial charge in [0.1, 0.15) is 0 Å². The Morgan fingerprint density at radius 1 is 1.75 bits per heavy atom. The number of nitrogens with one attached hydrogen (secondary N) is 1. The van der Waals surface area contributed by atoms with Crippen molar-refractivity contribution >= 4 is 0 Å². The van der Waals surface area contributed by atoms with Crippen LogP contribution in [-0.2, 0) is 6.54 Å². The molecule has 1 aromatic heterocycles. The maximum Gasteiger partial charge on any atom is 0.0679 e. The molecule has 2 heterocycles. The minimum Gasteiger partial charge on any atom is -0.392 e. The average molecular weight is 167 g/mol. The van der Waals surface area contributed by atoms with Gasteiger partial charge >= 0.3 is 0 Å². The standard InChI is InChI=1S/C8H13N3O/c12-8-1-2-11(6-8)5-7-3-9-10-4-7/h3-4,8,12H,1-2,5-6H2,(H,9,10). The number of nitrogens with zero attached hydrogens (tertiary/aromatic N) is 2. The molecule has 0 aliphatic carbocycles. The summed E-state index contributed by atoms with van der Waals surface area (Å²) in [5, 5.41) is 15.9. The summed E-state index contributed by atoms with van der Waals surface area (Å²) in [7, 11) is 0. The minimum absolute atomic E-state index is 0.128. The van der Waals surface area contributed by atoms with Crippen LogP contribution >= 0.6 is 0 Å². The number of aromatic amines is 1. The summed E-state index contributed by atoms with van der Waals surface area (Å²) in [5.74, 6) is 0. The summed E-state index contributed by atoms with van der Waals surface area (Å²) in [6.45, 7) is 2.69. The number of hydrogen-bond acceptors (Lipinski definition) is 3. The van der Waals surface area contributed by atoms with E-state index in [9.17, 15) is 5.11 Å². The number of hydrogen-bond donors (Lipinski definition) is 2. The van der Waals surface area contributed by atoms with Crippen LogP contribution in [0.15, 0.2) is 12.4 Å². The van der Waals surface area contributed by atoms with Gasteiger partial charge in [-0.25, -0.2) is 0 Å². The molecule has 4 nitrogen and oxygen atoms in total. The molecule has 0 radical (unpaired) electrons. The molecular weight excluding hydrogens is 154 g/mol. The second kappa shape index (κ2) is 3.25. The van der Waals surface area contributed by atoms with Gasteiger partial charge < -0.3 is 5.11 Å². The van der Waals surface area contributed by atoms with Crippen LogP contribution < -0.4 is 0 Å². The second-order valence-corrected chi connectivity index (χ2v) is 3.28. The number of likely N-dealkylation sites (tertiary alicyclic amines) is 1. The molecule has 4 heteroatoms. The van der Waals surface area contributed by atoms with Crippen LogP contribution in [-0.4, -0.2) is 39.4 Å². The molecule has 0 saturated carbocycles. The van der Waals surface area contributed by atoms with Crippen molar-refractivity contribution in [2.75, 3.05) is 13.1 Å². The zero-order chi connectivity index (χ0) is 8.39. The molecule has 1 aliphatic rings. The Morgan fingerprint density at radius 2 is 2.67 bits per heavy atom. The molecule has 12 heavy (non-hydrogen) atoms. The molecule has 2 N–H and O–H groups in total. The first-order valence-corrected chi connectivity index (χ1v) is 4.22. The molecular formula is C8H13N3O. The third kappa shape index (κ3) is 1.65. The highest BCUT2D eigenvalue weighted by atomic mass is 16.3. The lowest BCUT2D eigenvalue weighted by Crippen LogP contribution is -2.21. The van der Waals surface area contributed by atoms with Crippen LogP contribution in [0, 0.1) is 0 Å². The fraction of sp³-hybridized carbons (Fsp3) is 0.625. The van der Waals surface area contributed by atoms with E-state index in [1.165, 1.54) is 5.56 Å². The zero-order valence-corrected chi connectivity index (χ0v) is 6.90. The second-order valence-electron chi connectivity index (χ2n) is 3.28. The lowest BCUT2D eigenvalue weighted by Gasteiger charge is -2.12. The first-order valence-electron chi connectivity index (χ1n) is 4.22. The van der Waals surface area contributed by atoms with Gasteiger partial charge in [-0.1, -0.05) is 0 Å². The van der Waals surface area contributed by atoms with Gasteiger partial charge in [0.15, 0.2) is 0 Å². The van der Waals surface area contributed by atoms with E-state index in [0.29, 0.717) is 0 Å². The summed E-state index contributed by atoms with van der Waals surface area (Å²) in [6, 6.07) is 0. The van der Waals surface area contributed by atoms with Crippen LogP contribution in [0.3, 0.4) is 0 Å². The number of rotatable bonds is 2. The van der Waals surface area contributed by atoms with Crippen LogP contribution in [0.2, 0.25) is 0 Å². The van der Waals surface area contributed by atoms with Crippen LogP contribution in [0.5, 0.6) is 0 Å². The van der Waals surface area contributed by atoms with Gasteiger partial charge in [-0.05, 0) is 6.42 Å². The molecule has 0 spiro atoms. The smallest absolute Gasteiger partial charge is 0.0679 e. The van der Waals surface area contributed by atoms with Gasteiger partial charge in [-0.15, -0.1) is 0 Å². The van der Waals surface area contributed by atoms with Crippen LogP contribution in [0.25, 0.3) is 0 Å². The quantitative estimate of drug-likeness (QED) is 0.650. The lowest BCUT2D eigenvalue weighted by molar-refractivity contribution is 0.175. The van der Waals surface area contributed by atoms with E-state index in [1.807, 2.05) is 12.4 Å². The van der Waals surface area contributed by atoms with E-state index < -0.39 is 0 Å². The number of β-amino-alcohol motifs (C(OH)–C–C–N with tert-alkyl or cyclic N) is 1. The molecule has 0 aromatic carbocycles. The minimum atomic E-state index is -0.128. The average Bonchev–Trinajstić information content (AvgIpc) is 2.63. The number of aliphatic hydroxyl groups is 1. The van der Waals surface area contributed by atoms with Crippen molar-refractivity contribution in [1.82, 2.24) is 15.1 Å². The van der Waals surface area contributed by atoms with Gasteiger partial charge in [-0.3, -0.25) is 10.00 Å². The van der Waals surface area contributed by atoms with Crippen molar-refractivity contribution in [2.45, 2.75) is 19.1 Å². The summed E-state index contributed by atoms with van der Waals surface area (Å²) >= 11 is 0. The molecule has 1 saturated heterocycles. The van der Waals surface area contributed by atoms with E-state index in [2.05, 4.69) is 15.1 Å². The number of aromatic nitrogens is 2. The van der Waals surface area contributed by atoms with Crippen molar-refractivity contribution in [3.63, 3.8) is 0 Å². The van der Waals surface area contributed by atoms with Gasteiger partial charge in [-0.2, -0.15) is 5.10 Å². The van der Waals surface area contributed by atoms with Gasteiger partial charge in [0.05, 0.1) is 12.3 Å². The summed E-state index contributed by atoms with van der Waals surface area (Å²) < 4.78 is 0. The molecule has 1 aromatic rings. The van der Waals surface area contributed by atoms with E-state index in [4.69, 9.17) is 0 Å². The fourth-order valence-corrected chi connectivity index (χ4v) is 1.58. The molecule has 1 unspecified atom stereocenters. The van der Waals surface area contributed by atoms with Crippen LogP contribution in [0.1, 0.15) is 12.0 Å². The fourth-order valence-electron chi connectivity index (χ4n) is 1.58. The Morgan fingerprint density at radius 3 is 3.25 bits per heavy atom. The normalized spacial score (nSPS) is 24.9. The van der Waals surface area contributed by atoms with Crippen molar-refractivity contribution in [3.8, 4) is 0 Å². The summed E-state index contributed by atoms with van der Waals surface area (Å²) in [6.07, 6.45) is 4.49. The molecule has 1 fully saturated rings. The third-order valence-corrected chi connectivity index (χ3v) is 2.21. The predicted molar refractivity (Wildman–Crippen MR) is 44.5 cm³/mol. The molecule has 66 valence electrons.